The monoisotopic (exact) mass is 338 g/mol. The average Bonchev–Trinajstić information content (AvgIpc) is 2.55. The van der Waals surface area contributed by atoms with Crippen molar-refractivity contribution < 1.29 is 19.4 Å². The predicted molar refractivity (Wildman–Crippen MR) is 94.3 cm³/mol. The minimum atomic E-state index is -0.320. The van der Waals surface area contributed by atoms with Gasteiger partial charge in [0, 0.05) is 11.6 Å². The summed E-state index contributed by atoms with van der Waals surface area (Å²) in [6.07, 6.45) is 2.76. The highest BCUT2D eigenvalue weighted by atomic mass is 16.5. The maximum atomic E-state index is 12.9. The van der Waals surface area contributed by atoms with Crippen molar-refractivity contribution in [2.75, 3.05) is 0 Å². The van der Waals surface area contributed by atoms with E-state index in [1.54, 1.807) is 18.2 Å². The summed E-state index contributed by atoms with van der Waals surface area (Å²) >= 11 is 0. The Hall–Kier alpha value is -2.95. The van der Waals surface area contributed by atoms with Crippen LogP contribution in [0.4, 0.5) is 0 Å². The number of ether oxygens (including phenoxy) is 1. The van der Waals surface area contributed by atoms with Crippen molar-refractivity contribution in [3.63, 3.8) is 0 Å². The van der Waals surface area contributed by atoms with Crippen molar-refractivity contribution in [1.29, 1.82) is 0 Å². The van der Waals surface area contributed by atoms with E-state index in [2.05, 4.69) is 0 Å². The Balaban J connectivity index is 1.95. The van der Waals surface area contributed by atoms with Crippen molar-refractivity contribution in [2.24, 2.45) is 0 Å². The van der Waals surface area contributed by atoms with Gasteiger partial charge in [-0.1, -0.05) is 12.1 Å². The van der Waals surface area contributed by atoms with Crippen LogP contribution in [-0.4, -0.2) is 15.8 Å². The molecule has 0 fully saturated rings. The fourth-order valence-corrected chi connectivity index (χ4v) is 3.23. The van der Waals surface area contributed by atoms with Gasteiger partial charge < -0.3 is 19.4 Å². The molecule has 0 aliphatic carbocycles. The molecule has 1 aliphatic heterocycles. The van der Waals surface area contributed by atoms with E-state index in [0.717, 1.165) is 6.42 Å². The molecule has 0 saturated carbocycles. The number of aromatic hydroxyl groups is 2. The van der Waals surface area contributed by atoms with E-state index < -0.39 is 0 Å². The third kappa shape index (κ3) is 2.52. The van der Waals surface area contributed by atoms with Gasteiger partial charge in [-0.25, -0.2) is 0 Å². The summed E-state index contributed by atoms with van der Waals surface area (Å²) in [6.45, 7) is 3.97. The van der Waals surface area contributed by atoms with Crippen LogP contribution in [-0.2, 0) is 6.42 Å². The van der Waals surface area contributed by atoms with Crippen LogP contribution in [0.1, 0.15) is 25.8 Å². The molecule has 1 aromatic heterocycles. The second-order valence-corrected chi connectivity index (χ2v) is 6.96. The molecular formula is C20H18O5. The fourth-order valence-electron chi connectivity index (χ4n) is 3.23. The number of phenolic OH excluding ortho intramolecular Hbond substituents is 2. The molecule has 2 N–H and O–H groups in total. The van der Waals surface area contributed by atoms with Gasteiger partial charge in [0.25, 0.3) is 0 Å². The Morgan fingerprint density at radius 1 is 1.12 bits per heavy atom. The zero-order chi connectivity index (χ0) is 17.8. The van der Waals surface area contributed by atoms with Crippen LogP contribution in [0.2, 0.25) is 0 Å². The van der Waals surface area contributed by atoms with Gasteiger partial charge in [0.2, 0.25) is 5.43 Å². The number of fused-ring (bicyclic) bond motifs is 2. The summed E-state index contributed by atoms with van der Waals surface area (Å²) in [5, 5.41) is 20.2. The lowest BCUT2D eigenvalue weighted by atomic mass is 9.92. The maximum Gasteiger partial charge on any atom is 0.204 e. The second-order valence-electron chi connectivity index (χ2n) is 6.96. The predicted octanol–water partition coefficient (Wildman–Crippen LogP) is 3.97. The Morgan fingerprint density at radius 3 is 2.56 bits per heavy atom. The minimum Gasteiger partial charge on any atom is -0.508 e. The molecule has 0 radical (unpaired) electrons. The number of hydrogen-bond donors (Lipinski definition) is 2. The summed E-state index contributed by atoms with van der Waals surface area (Å²) in [6, 6.07) is 7.94. The van der Waals surface area contributed by atoms with Crippen LogP contribution < -0.4 is 10.2 Å². The highest BCUT2D eigenvalue weighted by molar-refractivity contribution is 5.90. The number of rotatable bonds is 1. The zero-order valence-corrected chi connectivity index (χ0v) is 14.0. The lowest BCUT2D eigenvalue weighted by molar-refractivity contribution is 0.0839. The molecular weight excluding hydrogens is 320 g/mol. The molecule has 0 spiro atoms. The molecule has 5 nitrogen and oxygen atoms in total. The number of hydrogen-bond acceptors (Lipinski definition) is 5. The average molecular weight is 338 g/mol. The highest BCUT2D eigenvalue weighted by Crippen LogP contribution is 2.42. The van der Waals surface area contributed by atoms with Gasteiger partial charge in [0.1, 0.15) is 40.1 Å². The van der Waals surface area contributed by atoms with E-state index in [9.17, 15) is 15.0 Å². The van der Waals surface area contributed by atoms with E-state index in [4.69, 9.17) is 9.15 Å². The molecule has 0 unspecified atom stereocenters. The van der Waals surface area contributed by atoms with Gasteiger partial charge in [-0.05, 0) is 44.4 Å². The smallest absolute Gasteiger partial charge is 0.204 e. The van der Waals surface area contributed by atoms with Crippen LogP contribution in [0.15, 0.2) is 45.8 Å². The number of phenols is 2. The van der Waals surface area contributed by atoms with Gasteiger partial charge in [-0.3, -0.25) is 4.79 Å². The third-order valence-corrected chi connectivity index (χ3v) is 4.65. The topological polar surface area (TPSA) is 79.9 Å². The summed E-state index contributed by atoms with van der Waals surface area (Å²) in [4.78, 5) is 12.9. The third-order valence-electron chi connectivity index (χ3n) is 4.65. The molecule has 0 atom stereocenters. The Kier molecular flexibility index (Phi) is 3.29. The Labute approximate surface area is 144 Å². The summed E-state index contributed by atoms with van der Waals surface area (Å²) in [5.41, 5.74) is 1.25. The van der Waals surface area contributed by atoms with Crippen LogP contribution in [0, 0.1) is 0 Å². The molecule has 0 bridgehead atoms. The van der Waals surface area contributed by atoms with E-state index in [0.29, 0.717) is 34.4 Å². The first-order chi connectivity index (χ1) is 11.9. The Bertz CT molecular complexity index is 1030. The lowest BCUT2D eigenvalue weighted by Crippen LogP contribution is -2.32. The zero-order valence-electron chi connectivity index (χ0n) is 14.0. The van der Waals surface area contributed by atoms with Gasteiger partial charge >= 0.3 is 0 Å². The van der Waals surface area contributed by atoms with Crippen LogP contribution >= 0.6 is 0 Å². The Morgan fingerprint density at radius 2 is 1.84 bits per heavy atom. The summed E-state index contributed by atoms with van der Waals surface area (Å²) in [5.74, 6) is 0.602. The molecule has 128 valence electrons. The first-order valence-corrected chi connectivity index (χ1v) is 8.14. The molecule has 0 amide bonds. The fraction of sp³-hybridized carbons (Fsp3) is 0.250. The minimum absolute atomic E-state index is 0.0719. The van der Waals surface area contributed by atoms with Crippen molar-refractivity contribution in [3.05, 3.63) is 52.4 Å². The molecule has 5 heteroatoms. The number of benzene rings is 2. The first-order valence-electron chi connectivity index (χ1n) is 8.14. The van der Waals surface area contributed by atoms with Crippen molar-refractivity contribution in [2.45, 2.75) is 32.3 Å². The van der Waals surface area contributed by atoms with Crippen molar-refractivity contribution in [3.8, 4) is 28.4 Å². The largest absolute Gasteiger partial charge is 0.508 e. The molecule has 2 heterocycles. The summed E-state index contributed by atoms with van der Waals surface area (Å²) < 4.78 is 11.5. The normalized spacial score (nSPS) is 15.6. The van der Waals surface area contributed by atoms with Crippen molar-refractivity contribution >= 4 is 11.0 Å². The molecule has 25 heavy (non-hydrogen) atoms. The molecule has 2 aromatic carbocycles. The first kappa shape index (κ1) is 15.6. The maximum absolute atomic E-state index is 12.9. The molecule has 3 aromatic rings. The van der Waals surface area contributed by atoms with Gasteiger partial charge in [-0.2, -0.15) is 0 Å². The standard InChI is InChI=1S/C20H18O5/c1-20(2)8-7-13-15(25-20)9-16-17(18(13)22)19(23)14(10-24-16)11-3-5-12(21)6-4-11/h3-6,9-10,21-22H,7-8H2,1-2H3. The van der Waals surface area contributed by atoms with E-state index >= 15 is 0 Å². The van der Waals surface area contributed by atoms with Crippen LogP contribution in [0.25, 0.3) is 22.1 Å². The van der Waals surface area contributed by atoms with E-state index in [1.807, 2.05) is 13.8 Å². The lowest BCUT2D eigenvalue weighted by Gasteiger charge is -2.32. The SMILES string of the molecule is CC1(C)CCc2c(cc3occ(-c4ccc(O)cc4)c(=O)c3c2O)O1. The van der Waals surface area contributed by atoms with Gasteiger partial charge in [0.15, 0.2) is 0 Å². The molecule has 4 rings (SSSR count). The second kappa shape index (κ2) is 5.28. The van der Waals surface area contributed by atoms with Crippen LogP contribution in [0.5, 0.6) is 17.2 Å². The quantitative estimate of drug-likeness (QED) is 0.702. The van der Waals surface area contributed by atoms with E-state index in [-0.39, 0.29) is 27.9 Å². The van der Waals surface area contributed by atoms with Crippen molar-refractivity contribution in [1.82, 2.24) is 0 Å². The molecule has 0 saturated heterocycles. The van der Waals surface area contributed by atoms with Gasteiger partial charge in [0.05, 0.1) is 5.56 Å². The van der Waals surface area contributed by atoms with Gasteiger partial charge in [-0.15, -0.1) is 0 Å². The molecule has 1 aliphatic rings. The summed E-state index contributed by atoms with van der Waals surface area (Å²) in [7, 11) is 0. The van der Waals surface area contributed by atoms with Crippen LogP contribution in [0.3, 0.4) is 0 Å². The van der Waals surface area contributed by atoms with E-state index in [1.165, 1.54) is 18.4 Å². The highest BCUT2D eigenvalue weighted by Gasteiger charge is 2.30.